The summed E-state index contributed by atoms with van der Waals surface area (Å²) in [5, 5.41) is 12.9. The molecule has 10 heteroatoms. The number of fused-ring (bicyclic) bond motifs is 1. The minimum Gasteiger partial charge on any atom is -0.744 e. The van der Waals surface area contributed by atoms with Gasteiger partial charge in [0.15, 0.2) is 11.6 Å². The molecule has 3 aromatic heterocycles. The summed E-state index contributed by atoms with van der Waals surface area (Å²) in [6.07, 6.45) is 5.57. The van der Waals surface area contributed by atoms with E-state index in [1.807, 2.05) is 19.1 Å². The van der Waals surface area contributed by atoms with Crippen LogP contribution in [-0.2, 0) is 10.0 Å². The van der Waals surface area contributed by atoms with Gasteiger partial charge in [0, 0.05) is 46.4 Å². The van der Waals surface area contributed by atoms with Gasteiger partial charge in [-0.15, -0.1) is 0 Å². The number of aryl methyl sites for hydroxylation is 1. The molecule has 1 N–H and O–H groups in total. The van der Waals surface area contributed by atoms with Gasteiger partial charge in [-0.1, -0.05) is 25.5 Å². The smallest absolute Gasteiger partial charge is 0.225 e. The number of halogens is 1. The first-order valence-corrected chi connectivity index (χ1v) is 12.3. The Balaban J connectivity index is 1.73. The molecule has 0 aliphatic rings. The number of sulfonamides is 1. The number of aromatic amines is 1. The fraction of sp³-hybridized carbons (Fsp3) is 0.208. The van der Waals surface area contributed by atoms with Gasteiger partial charge in [-0.3, -0.25) is 9.78 Å². The molecule has 1 aromatic carbocycles. The third-order valence-electron chi connectivity index (χ3n) is 5.45. The van der Waals surface area contributed by atoms with Crippen molar-refractivity contribution in [2.24, 2.45) is 0 Å². The molecule has 0 atom stereocenters. The topological polar surface area (TPSA) is 119 Å². The number of hydrogen-bond donors (Lipinski definition) is 1. The van der Waals surface area contributed by atoms with Crippen molar-refractivity contribution in [3.8, 4) is 11.1 Å². The van der Waals surface area contributed by atoms with E-state index < -0.39 is 38.6 Å². The summed E-state index contributed by atoms with van der Waals surface area (Å²) in [4.78, 5) is 24.8. The largest absolute Gasteiger partial charge is 0.744 e. The highest BCUT2D eigenvalue weighted by molar-refractivity contribution is 7.92. The minimum atomic E-state index is -4.26. The van der Waals surface area contributed by atoms with Gasteiger partial charge in [-0.2, -0.15) is 0 Å². The molecule has 0 saturated carbocycles. The summed E-state index contributed by atoms with van der Waals surface area (Å²) >= 11 is 0. The number of pyridine rings is 2. The fourth-order valence-corrected chi connectivity index (χ4v) is 4.79. The lowest BCUT2D eigenvalue weighted by molar-refractivity contribution is 0.103. The van der Waals surface area contributed by atoms with Crippen LogP contribution in [-0.4, -0.2) is 34.9 Å². The molecule has 0 bridgehead atoms. The summed E-state index contributed by atoms with van der Waals surface area (Å²) in [6.45, 7) is 3.65. The number of nitrogens with zero attached hydrogens (tertiary/aromatic N) is 3. The maximum Gasteiger partial charge on any atom is 0.225 e. The zero-order valence-corrected chi connectivity index (χ0v) is 19.4. The van der Waals surface area contributed by atoms with E-state index in [1.165, 1.54) is 18.3 Å². The minimum absolute atomic E-state index is 0.145. The van der Waals surface area contributed by atoms with Crippen LogP contribution >= 0.6 is 0 Å². The summed E-state index contributed by atoms with van der Waals surface area (Å²) < 4.78 is 39.4. The van der Waals surface area contributed by atoms with E-state index in [9.17, 15) is 18.4 Å². The summed E-state index contributed by atoms with van der Waals surface area (Å²) in [5.41, 5.74) is 1.82. The molecule has 176 valence electrons. The Morgan fingerprint density at radius 3 is 2.59 bits per heavy atom. The van der Waals surface area contributed by atoms with Crippen molar-refractivity contribution in [1.82, 2.24) is 15.0 Å². The molecule has 3 heterocycles. The molecule has 34 heavy (non-hydrogen) atoms. The van der Waals surface area contributed by atoms with Crippen LogP contribution in [0.3, 0.4) is 0 Å². The van der Waals surface area contributed by atoms with Gasteiger partial charge in [0.05, 0.1) is 17.0 Å². The second-order valence-electron chi connectivity index (χ2n) is 7.88. The van der Waals surface area contributed by atoms with E-state index in [0.29, 0.717) is 17.5 Å². The molecule has 4 aromatic rings. The van der Waals surface area contributed by atoms with E-state index >= 15 is 4.39 Å². The van der Waals surface area contributed by atoms with Crippen LogP contribution in [0.1, 0.15) is 41.4 Å². The van der Waals surface area contributed by atoms with Gasteiger partial charge in [0.1, 0.15) is 5.65 Å². The number of anilines is 1. The number of H-pyrrole nitrogens is 1. The SMILES string of the molecule is CCCCS(=O)(=O)N([O-])c1cccc(C(=O)c2c[nH]c3ncc(-c4ccc(C)nc4)cc23)c1F. The Morgan fingerprint density at radius 1 is 1.12 bits per heavy atom. The van der Waals surface area contributed by atoms with Gasteiger partial charge in [0.25, 0.3) is 0 Å². The highest BCUT2D eigenvalue weighted by atomic mass is 32.2. The number of ketones is 1. The maximum atomic E-state index is 15.2. The van der Waals surface area contributed by atoms with Crippen molar-refractivity contribution in [2.75, 3.05) is 10.2 Å². The van der Waals surface area contributed by atoms with Gasteiger partial charge in [-0.05, 0) is 37.6 Å². The van der Waals surface area contributed by atoms with Gasteiger partial charge >= 0.3 is 0 Å². The standard InChI is InChI=1S/C24H22FN4O4S/c1-3-4-10-34(32,33)29(31)21-7-5-6-18(22(21)25)23(30)20-14-28-24-19(20)11-17(13-27-24)16-9-8-15(2)26-12-16/h5-9,11-14H,3-4,10H2,1-2H3,(H,27,28)/q-1. The molecule has 0 saturated heterocycles. The molecular formula is C24H22FN4O4S-. The number of aromatic nitrogens is 3. The van der Waals surface area contributed by atoms with Crippen molar-refractivity contribution in [3.05, 3.63) is 82.8 Å². The summed E-state index contributed by atoms with van der Waals surface area (Å²) in [5.74, 6) is -2.30. The first kappa shape index (κ1) is 23.5. The van der Waals surface area contributed by atoms with Crippen LogP contribution in [0, 0.1) is 17.9 Å². The van der Waals surface area contributed by atoms with Crippen LogP contribution in [0.25, 0.3) is 22.2 Å². The molecular weight excluding hydrogens is 459 g/mol. The summed E-state index contributed by atoms with van der Waals surface area (Å²) in [6, 6.07) is 9.02. The Morgan fingerprint density at radius 2 is 1.88 bits per heavy atom. The third-order valence-corrected chi connectivity index (χ3v) is 6.96. The van der Waals surface area contributed by atoms with E-state index in [2.05, 4.69) is 15.0 Å². The maximum absolute atomic E-state index is 15.2. The number of benzene rings is 1. The molecule has 0 aliphatic heterocycles. The van der Waals surface area contributed by atoms with Crippen LogP contribution in [0.2, 0.25) is 0 Å². The highest BCUT2D eigenvalue weighted by Gasteiger charge is 2.23. The Kier molecular flexibility index (Phi) is 6.45. The van der Waals surface area contributed by atoms with Gasteiger partial charge < -0.3 is 14.7 Å². The predicted octanol–water partition coefficient (Wildman–Crippen LogP) is 4.74. The second-order valence-corrected chi connectivity index (χ2v) is 9.78. The van der Waals surface area contributed by atoms with Crippen molar-refractivity contribution in [1.29, 1.82) is 0 Å². The van der Waals surface area contributed by atoms with Crippen LogP contribution in [0.15, 0.2) is 55.0 Å². The zero-order chi connectivity index (χ0) is 24.5. The van der Waals surface area contributed by atoms with Crippen LogP contribution < -0.4 is 4.47 Å². The predicted molar refractivity (Wildman–Crippen MR) is 128 cm³/mol. The van der Waals surface area contributed by atoms with Crippen molar-refractivity contribution < 1.29 is 17.6 Å². The Bertz CT molecular complexity index is 1470. The molecule has 0 amide bonds. The molecule has 0 aliphatic carbocycles. The first-order chi connectivity index (χ1) is 16.2. The Hall–Kier alpha value is -3.63. The molecule has 4 rings (SSSR count). The number of rotatable bonds is 8. The average Bonchev–Trinajstić information content (AvgIpc) is 3.26. The Labute approximate surface area is 196 Å². The second kappa shape index (κ2) is 9.32. The molecule has 8 nitrogen and oxygen atoms in total. The van der Waals surface area contributed by atoms with Crippen molar-refractivity contribution in [2.45, 2.75) is 26.7 Å². The lowest BCUT2D eigenvalue weighted by Crippen LogP contribution is -2.28. The van der Waals surface area contributed by atoms with E-state index in [4.69, 9.17) is 0 Å². The first-order valence-electron chi connectivity index (χ1n) is 10.7. The van der Waals surface area contributed by atoms with Crippen LogP contribution in [0.5, 0.6) is 0 Å². The zero-order valence-electron chi connectivity index (χ0n) is 18.6. The monoisotopic (exact) mass is 481 g/mol. The average molecular weight is 482 g/mol. The van der Waals surface area contributed by atoms with Crippen molar-refractivity contribution >= 4 is 32.5 Å². The molecule has 0 unspecified atom stereocenters. The quantitative estimate of drug-likeness (QED) is 0.287. The number of carbonyl (C=O) groups is 1. The van der Waals surface area contributed by atoms with E-state index in [1.54, 1.807) is 25.4 Å². The lowest BCUT2D eigenvalue weighted by atomic mass is 10.0. The lowest BCUT2D eigenvalue weighted by Gasteiger charge is -2.30. The number of hydrogen-bond acceptors (Lipinski definition) is 6. The van der Waals surface area contributed by atoms with Crippen molar-refractivity contribution in [3.63, 3.8) is 0 Å². The molecule has 0 spiro atoms. The molecule has 0 radical (unpaired) electrons. The van der Waals surface area contributed by atoms with Gasteiger partial charge in [0.2, 0.25) is 10.0 Å². The number of carbonyl (C=O) groups excluding carboxylic acids is 1. The number of unbranched alkanes of at least 4 members (excludes halogenated alkanes) is 1. The van der Waals surface area contributed by atoms with E-state index in [0.717, 1.165) is 22.9 Å². The highest BCUT2D eigenvalue weighted by Crippen LogP contribution is 2.29. The van der Waals surface area contributed by atoms with Crippen LogP contribution in [0.4, 0.5) is 10.1 Å². The fourth-order valence-electron chi connectivity index (χ4n) is 3.53. The third kappa shape index (κ3) is 4.42. The summed E-state index contributed by atoms with van der Waals surface area (Å²) in [7, 11) is -4.26. The molecule has 0 fully saturated rings. The number of nitrogens with one attached hydrogen (secondary N) is 1. The normalized spacial score (nSPS) is 11.6. The van der Waals surface area contributed by atoms with Gasteiger partial charge in [-0.25, -0.2) is 17.8 Å². The van der Waals surface area contributed by atoms with E-state index in [-0.39, 0.29) is 16.5 Å².